The zero-order valence-electron chi connectivity index (χ0n) is 8.56. The fraction of sp³-hybridized carbons (Fsp3) is 0.250. The highest BCUT2D eigenvalue weighted by Gasteiger charge is 2.28. The maximum Gasteiger partial charge on any atom is 0.331 e. The van der Waals surface area contributed by atoms with E-state index in [0.29, 0.717) is 18.7 Å². The molecule has 0 spiro atoms. The molecule has 0 amide bonds. The number of benzene rings is 1. The largest absolute Gasteiger partial charge is 0.478 e. The second-order valence-corrected chi connectivity index (χ2v) is 3.97. The summed E-state index contributed by atoms with van der Waals surface area (Å²) < 4.78 is 5.48. The number of hydrogen-bond acceptors (Lipinski definition) is 3. The van der Waals surface area contributed by atoms with Gasteiger partial charge in [0.2, 0.25) is 0 Å². The molecule has 1 aromatic rings. The van der Waals surface area contributed by atoms with Crippen LogP contribution in [-0.4, -0.2) is 17.8 Å². The van der Waals surface area contributed by atoms with Crippen molar-refractivity contribution >= 4 is 5.97 Å². The highest BCUT2D eigenvalue weighted by atomic mass is 16.5. The number of carboxylic acid groups (broad SMARTS) is 1. The van der Waals surface area contributed by atoms with Crippen LogP contribution in [0, 0.1) is 0 Å². The van der Waals surface area contributed by atoms with Crippen molar-refractivity contribution in [3.05, 3.63) is 41.0 Å². The summed E-state index contributed by atoms with van der Waals surface area (Å²) in [5.74, 6) is 0.0197. The Morgan fingerprint density at radius 1 is 1.50 bits per heavy atom. The van der Waals surface area contributed by atoms with Crippen molar-refractivity contribution in [1.29, 1.82) is 0 Å². The minimum absolute atomic E-state index is 0.0280. The molecule has 1 unspecified atom stereocenters. The molecule has 16 heavy (non-hydrogen) atoms. The minimum atomic E-state index is -0.843. The monoisotopic (exact) mass is 217 g/mol. The van der Waals surface area contributed by atoms with Gasteiger partial charge in [-0.1, -0.05) is 18.2 Å². The van der Waals surface area contributed by atoms with E-state index in [1.807, 2.05) is 18.2 Å². The third-order valence-electron chi connectivity index (χ3n) is 3.02. The number of aliphatic carboxylic acids is 1. The predicted octanol–water partition coefficient (Wildman–Crippen LogP) is 1.23. The van der Waals surface area contributed by atoms with E-state index in [1.165, 1.54) is 0 Å². The van der Waals surface area contributed by atoms with Crippen LogP contribution in [0.3, 0.4) is 0 Å². The summed E-state index contributed by atoms with van der Waals surface area (Å²) in [6, 6.07) is 5.76. The molecule has 0 bridgehead atoms. The Balaban J connectivity index is 2.13. The van der Waals surface area contributed by atoms with Gasteiger partial charge in [-0.2, -0.15) is 0 Å². The molecule has 0 aromatic heterocycles. The van der Waals surface area contributed by atoms with Crippen molar-refractivity contribution < 1.29 is 14.6 Å². The van der Waals surface area contributed by atoms with Crippen molar-refractivity contribution in [2.75, 3.05) is 6.73 Å². The van der Waals surface area contributed by atoms with Gasteiger partial charge in [-0.3, -0.25) is 5.32 Å². The number of ether oxygens (including phenoxy) is 1. The first-order valence-corrected chi connectivity index (χ1v) is 5.17. The van der Waals surface area contributed by atoms with Crippen LogP contribution in [0.1, 0.15) is 17.2 Å². The fourth-order valence-electron chi connectivity index (χ4n) is 2.29. The lowest BCUT2D eigenvalue weighted by Gasteiger charge is -2.30. The Bertz CT molecular complexity index is 493. The molecule has 2 aliphatic rings. The predicted molar refractivity (Wildman–Crippen MR) is 57.2 cm³/mol. The molecule has 0 fully saturated rings. The van der Waals surface area contributed by atoms with Crippen molar-refractivity contribution in [2.24, 2.45) is 0 Å². The van der Waals surface area contributed by atoms with Gasteiger partial charge in [0.25, 0.3) is 0 Å². The Kier molecular flexibility index (Phi) is 1.97. The summed E-state index contributed by atoms with van der Waals surface area (Å²) >= 11 is 0. The highest BCUT2D eigenvalue weighted by Crippen LogP contribution is 2.37. The molecule has 1 atom stereocenters. The van der Waals surface area contributed by atoms with Crippen LogP contribution in [0.2, 0.25) is 0 Å². The average Bonchev–Trinajstić information content (AvgIpc) is 2.29. The molecule has 1 heterocycles. The zero-order chi connectivity index (χ0) is 11.1. The third-order valence-corrected chi connectivity index (χ3v) is 3.02. The van der Waals surface area contributed by atoms with Crippen LogP contribution in [0.25, 0.3) is 0 Å². The lowest BCUT2D eigenvalue weighted by Crippen LogP contribution is -2.33. The molecule has 0 radical (unpaired) electrons. The topological polar surface area (TPSA) is 58.6 Å². The van der Waals surface area contributed by atoms with E-state index >= 15 is 0 Å². The van der Waals surface area contributed by atoms with Gasteiger partial charge in [0.15, 0.2) is 0 Å². The number of rotatable bonds is 1. The van der Waals surface area contributed by atoms with Gasteiger partial charge >= 0.3 is 5.97 Å². The van der Waals surface area contributed by atoms with Crippen molar-refractivity contribution in [2.45, 2.75) is 12.5 Å². The summed E-state index contributed by atoms with van der Waals surface area (Å²) in [6.45, 7) is 0.421. The molecule has 1 aliphatic carbocycles. The normalized spacial score (nSPS) is 21.8. The third kappa shape index (κ3) is 1.31. The second kappa shape index (κ2) is 3.35. The van der Waals surface area contributed by atoms with Crippen LogP contribution >= 0.6 is 0 Å². The van der Waals surface area contributed by atoms with Gasteiger partial charge in [-0.15, -0.1) is 0 Å². The smallest absolute Gasteiger partial charge is 0.331 e. The molecule has 4 heteroatoms. The van der Waals surface area contributed by atoms with Crippen LogP contribution in [0.15, 0.2) is 29.8 Å². The second-order valence-electron chi connectivity index (χ2n) is 3.97. The Morgan fingerprint density at radius 2 is 2.38 bits per heavy atom. The van der Waals surface area contributed by atoms with Gasteiger partial charge in [0, 0.05) is 17.6 Å². The van der Waals surface area contributed by atoms with Crippen molar-refractivity contribution in [1.82, 2.24) is 5.32 Å². The first-order valence-electron chi connectivity index (χ1n) is 5.17. The zero-order valence-corrected chi connectivity index (χ0v) is 8.56. The van der Waals surface area contributed by atoms with E-state index in [4.69, 9.17) is 9.84 Å². The van der Waals surface area contributed by atoms with Crippen molar-refractivity contribution in [3.8, 4) is 5.75 Å². The van der Waals surface area contributed by atoms with E-state index in [9.17, 15) is 4.79 Å². The lowest BCUT2D eigenvalue weighted by atomic mass is 9.87. The molecule has 2 N–H and O–H groups in total. The maximum atomic E-state index is 11.0. The Hall–Kier alpha value is -1.81. The SMILES string of the molecule is O=C(O)C1=CC2NCOc3cccc(c32)C1. The minimum Gasteiger partial charge on any atom is -0.478 e. The summed E-state index contributed by atoms with van der Waals surface area (Å²) in [5.41, 5.74) is 2.57. The summed E-state index contributed by atoms with van der Waals surface area (Å²) in [7, 11) is 0. The van der Waals surface area contributed by atoms with Gasteiger partial charge in [0.05, 0.1) is 6.04 Å². The lowest BCUT2D eigenvalue weighted by molar-refractivity contribution is -0.132. The summed E-state index contributed by atoms with van der Waals surface area (Å²) in [6.07, 6.45) is 2.25. The molecule has 1 aliphatic heterocycles. The van der Waals surface area contributed by atoms with Gasteiger partial charge < -0.3 is 9.84 Å². The van der Waals surface area contributed by atoms with Gasteiger partial charge in [0.1, 0.15) is 12.5 Å². The van der Waals surface area contributed by atoms with Crippen LogP contribution in [0.4, 0.5) is 0 Å². The fourth-order valence-corrected chi connectivity index (χ4v) is 2.29. The maximum absolute atomic E-state index is 11.0. The number of hydrogen-bond donors (Lipinski definition) is 2. The van der Waals surface area contributed by atoms with Crippen LogP contribution < -0.4 is 10.1 Å². The standard InChI is InChI=1S/C12H11NO3/c14-12(15)8-4-7-2-1-3-10-11(7)9(5-8)13-6-16-10/h1-3,5,9,13H,4,6H2,(H,14,15). The van der Waals surface area contributed by atoms with E-state index < -0.39 is 5.97 Å². The number of nitrogens with one attached hydrogen (secondary N) is 1. The number of carboxylic acids is 1. The molecule has 3 rings (SSSR count). The summed E-state index contributed by atoms with van der Waals surface area (Å²) in [5, 5.41) is 12.2. The molecular formula is C12H11NO3. The van der Waals surface area contributed by atoms with E-state index in [1.54, 1.807) is 6.08 Å². The average molecular weight is 217 g/mol. The summed E-state index contributed by atoms with van der Waals surface area (Å²) in [4.78, 5) is 11.0. The molecule has 0 saturated carbocycles. The van der Waals surface area contributed by atoms with E-state index in [0.717, 1.165) is 16.9 Å². The highest BCUT2D eigenvalue weighted by molar-refractivity contribution is 5.88. The molecular weight excluding hydrogens is 206 g/mol. The molecule has 0 saturated heterocycles. The van der Waals surface area contributed by atoms with Crippen LogP contribution in [-0.2, 0) is 11.2 Å². The Labute approximate surface area is 92.5 Å². The Morgan fingerprint density at radius 3 is 3.19 bits per heavy atom. The molecule has 4 nitrogen and oxygen atoms in total. The van der Waals surface area contributed by atoms with Gasteiger partial charge in [-0.05, 0) is 11.6 Å². The quantitative estimate of drug-likeness (QED) is 0.743. The van der Waals surface area contributed by atoms with E-state index in [2.05, 4.69) is 5.32 Å². The van der Waals surface area contributed by atoms with E-state index in [-0.39, 0.29) is 6.04 Å². The molecule has 82 valence electrons. The van der Waals surface area contributed by atoms with Crippen molar-refractivity contribution in [3.63, 3.8) is 0 Å². The number of carbonyl (C=O) groups is 1. The van der Waals surface area contributed by atoms with Crippen LogP contribution in [0.5, 0.6) is 5.75 Å². The first-order chi connectivity index (χ1) is 7.75. The van der Waals surface area contributed by atoms with Gasteiger partial charge in [-0.25, -0.2) is 4.79 Å². The first kappa shape index (κ1) is 9.42. The molecule has 1 aromatic carbocycles.